The van der Waals surface area contributed by atoms with Crippen molar-refractivity contribution < 1.29 is 9.13 Å². The maximum atomic E-state index is 13.1. The van der Waals surface area contributed by atoms with Crippen LogP contribution in [-0.2, 0) is 11.3 Å². The lowest BCUT2D eigenvalue weighted by Gasteiger charge is -2.32. The van der Waals surface area contributed by atoms with Crippen molar-refractivity contribution in [3.05, 3.63) is 65.6 Å². The largest absolute Gasteiger partial charge is 0.370 e. The van der Waals surface area contributed by atoms with Crippen molar-refractivity contribution in [1.82, 2.24) is 9.97 Å². The summed E-state index contributed by atoms with van der Waals surface area (Å²) in [5, 5.41) is 3.02. The monoisotopic (exact) mass is 369 g/mol. The first-order valence-electron chi connectivity index (χ1n) is 8.76. The van der Waals surface area contributed by atoms with E-state index in [1.54, 1.807) is 29.7 Å². The number of halogens is 1. The quantitative estimate of drug-likeness (QED) is 0.662. The zero-order valence-electron chi connectivity index (χ0n) is 14.3. The Morgan fingerprint density at radius 2 is 2.08 bits per heavy atom. The van der Waals surface area contributed by atoms with E-state index < -0.39 is 0 Å². The van der Waals surface area contributed by atoms with Crippen LogP contribution >= 0.6 is 11.3 Å². The molecule has 1 aliphatic heterocycles. The number of thiazole rings is 1. The molecule has 3 heterocycles. The van der Waals surface area contributed by atoms with Gasteiger partial charge in [-0.1, -0.05) is 6.07 Å². The molecule has 0 bridgehead atoms. The summed E-state index contributed by atoms with van der Waals surface area (Å²) in [6.45, 7) is 2.36. The van der Waals surface area contributed by atoms with E-state index in [1.807, 2.05) is 23.6 Å². The topological polar surface area (TPSA) is 38.2 Å². The summed E-state index contributed by atoms with van der Waals surface area (Å²) < 4.78 is 19.1. The van der Waals surface area contributed by atoms with E-state index in [9.17, 15) is 4.39 Å². The van der Waals surface area contributed by atoms with Gasteiger partial charge in [-0.3, -0.25) is 4.98 Å². The molecule has 0 saturated carbocycles. The highest BCUT2D eigenvalue weighted by Gasteiger charge is 2.23. The highest BCUT2D eigenvalue weighted by atomic mass is 32.1. The number of rotatable bonds is 5. The number of aromatic nitrogens is 2. The third-order valence-corrected chi connectivity index (χ3v) is 5.38. The molecule has 134 valence electrons. The minimum Gasteiger partial charge on any atom is -0.370 e. The maximum Gasteiger partial charge on any atom is 0.185 e. The van der Waals surface area contributed by atoms with Gasteiger partial charge in [-0.05, 0) is 49.2 Å². The third kappa shape index (κ3) is 4.08. The fraction of sp³-hybridized carbons (Fsp3) is 0.300. The maximum absolute atomic E-state index is 13.1. The summed E-state index contributed by atoms with van der Waals surface area (Å²) in [4.78, 5) is 11.3. The van der Waals surface area contributed by atoms with E-state index in [1.165, 1.54) is 12.1 Å². The van der Waals surface area contributed by atoms with Crippen LogP contribution in [0.2, 0.25) is 0 Å². The van der Waals surface area contributed by atoms with Gasteiger partial charge in [0.1, 0.15) is 5.82 Å². The Balaban J connectivity index is 1.39. The Hall–Kier alpha value is -2.31. The number of nitrogens with zero attached hydrogens (tertiary/aromatic N) is 3. The second-order valence-corrected chi connectivity index (χ2v) is 7.20. The first-order valence-corrected chi connectivity index (χ1v) is 9.64. The molecule has 0 radical (unpaired) electrons. The van der Waals surface area contributed by atoms with Crippen molar-refractivity contribution in [2.24, 2.45) is 0 Å². The summed E-state index contributed by atoms with van der Waals surface area (Å²) in [6.07, 6.45) is 4.11. The Morgan fingerprint density at radius 3 is 2.88 bits per heavy atom. The zero-order valence-corrected chi connectivity index (χ0v) is 15.2. The van der Waals surface area contributed by atoms with Crippen molar-refractivity contribution >= 4 is 16.5 Å². The van der Waals surface area contributed by atoms with Gasteiger partial charge in [-0.2, -0.15) is 0 Å². The van der Waals surface area contributed by atoms with Crippen LogP contribution in [-0.4, -0.2) is 29.2 Å². The number of benzene rings is 1. The van der Waals surface area contributed by atoms with Gasteiger partial charge >= 0.3 is 0 Å². The number of pyridine rings is 1. The van der Waals surface area contributed by atoms with Gasteiger partial charge in [0.05, 0.1) is 24.1 Å². The molecule has 26 heavy (non-hydrogen) atoms. The molecule has 0 aliphatic carbocycles. The molecule has 0 unspecified atom stereocenters. The van der Waals surface area contributed by atoms with Crippen LogP contribution in [0, 0.1) is 5.82 Å². The average Bonchev–Trinajstić information content (AvgIpc) is 3.18. The molecular weight excluding hydrogens is 349 g/mol. The van der Waals surface area contributed by atoms with Crippen molar-refractivity contribution in [1.29, 1.82) is 0 Å². The van der Waals surface area contributed by atoms with Gasteiger partial charge in [-0.25, -0.2) is 9.37 Å². The molecule has 4 rings (SSSR count). The predicted molar refractivity (Wildman–Crippen MR) is 102 cm³/mol. The number of hydrogen-bond donors (Lipinski definition) is 0. The lowest BCUT2D eigenvalue weighted by molar-refractivity contribution is 0.0298. The van der Waals surface area contributed by atoms with Gasteiger partial charge in [0.15, 0.2) is 5.13 Å². The molecule has 0 N–H and O–H groups in total. The van der Waals surface area contributed by atoms with Gasteiger partial charge in [-0.15, -0.1) is 11.3 Å². The third-order valence-electron chi connectivity index (χ3n) is 4.47. The van der Waals surface area contributed by atoms with E-state index >= 15 is 0 Å². The summed E-state index contributed by atoms with van der Waals surface area (Å²) in [5.74, 6) is -0.229. The fourth-order valence-corrected chi connectivity index (χ4v) is 3.97. The normalized spacial score (nSPS) is 17.4. The van der Waals surface area contributed by atoms with Gasteiger partial charge in [0.2, 0.25) is 0 Å². The second kappa shape index (κ2) is 7.93. The SMILES string of the molecule is Fc1ccc(-c2csc(N3CCC[C@H](OCc4ccccn4)C3)n2)cc1. The Morgan fingerprint density at radius 1 is 1.19 bits per heavy atom. The van der Waals surface area contributed by atoms with E-state index in [2.05, 4.69) is 9.88 Å². The number of ether oxygens (including phenoxy) is 1. The molecule has 1 aromatic carbocycles. The van der Waals surface area contributed by atoms with Crippen LogP contribution in [0.4, 0.5) is 9.52 Å². The van der Waals surface area contributed by atoms with Crippen molar-refractivity contribution in [2.75, 3.05) is 18.0 Å². The lowest BCUT2D eigenvalue weighted by Crippen LogP contribution is -2.39. The van der Waals surface area contributed by atoms with Crippen LogP contribution < -0.4 is 4.90 Å². The van der Waals surface area contributed by atoms with Crippen LogP contribution in [0.25, 0.3) is 11.3 Å². The van der Waals surface area contributed by atoms with Gasteiger partial charge < -0.3 is 9.64 Å². The van der Waals surface area contributed by atoms with Crippen LogP contribution in [0.5, 0.6) is 0 Å². The first kappa shape index (κ1) is 17.1. The number of piperidine rings is 1. The number of hydrogen-bond acceptors (Lipinski definition) is 5. The number of anilines is 1. The molecule has 3 aromatic rings. The van der Waals surface area contributed by atoms with Crippen molar-refractivity contribution in [2.45, 2.75) is 25.6 Å². The molecule has 4 nitrogen and oxygen atoms in total. The highest BCUT2D eigenvalue weighted by molar-refractivity contribution is 7.14. The molecule has 1 atom stereocenters. The molecule has 6 heteroatoms. The zero-order chi connectivity index (χ0) is 17.8. The molecular formula is C20H20FN3OS. The van der Waals surface area contributed by atoms with Crippen LogP contribution in [0.15, 0.2) is 54.0 Å². The fourth-order valence-electron chi connectivity index (χ4n) is 3.10. The summed E-state index contributed by atoms with van der Waals surface area (Å²) in [6, 6.07) is 12.3. The van der Waals surface area contributed by atoms with E-state index in [4.69, 9.17) is 9.72 Å². The Bertz CT molecular complexity index is 838. The van der Waals surface area contributed by atoms with Crippen LogP contribution in [0.3, 0.4) is 0 Å². The predicted octanol–water partition coefficient (Wildman–Crippen LogP) is 4.53. The van der Waals surface area contributed by atoms with E-state index in [-0.39, 0.29) is 11.9 Å². The van der Waals surface area contributed by atoms with Crippen molar-refractivity contribution in [3.63, 3.8) is 0 Å². The minimum absolute atomic E-state index is 0.184. The molecule has 0 spiro atoms. The van der Waals surface area contributed by atoms with Crippen LogP contribution in [0.1, 0.15) is 18.5 Å². The van der Waals surface area contributed by atoms with Crippen molar-refractivity contribution in [3.8, 4) is 11.3 Å². The van der Waals surface area contributed by atoms with E-state index in [0.29, 0.717) is 6.61 Å². The molecule has 0 amide bonds. The summed E-state index contributed by atoms with van der Waals surface area (Å²) in [5.41, 5.74) is 2.79. The van der Waals surface area contributed by atoms with Gasteiger partial charge in [0, 0.05) is 30.2 Å². The first-order chi connectivity index (χ1) is 12.8. The molecule has 2 aromatic heterocycles. The second-order valence-electron chi connectivity index (χ2n) is 6.36. The summed E-state index contributed by atoms with van der Waals surface area (Å²) >= 11 is 1.62. The Labute approximate surface area is 156 Å². The standard InChI is InChI=1S/C20H20FN3OS/c21-16-8-6-15(7-9-16)19-14-26-20(23-19)24-11-3-5-18(12-24)25-13-17-4-1-2-10-22-17/h1-2,4,6-10,14,18H,3,5,11-13H2/t18-/m0/s1. The molecule has 1 fully saturated rings. The molecule has 1 saturated heterocycles. The smallest absolute Gasteiger partial charge is 0.185 e. The van der Waals surface area contributed by atoms with E-state index in [0.717, 1.165) is 48.0 Å². The van der Waals surface area contributed by atoms with Gasteiger partial charge in [0.25, 0.3) is 0 Å². The lowest BCUT2D eigenvalue weighted by atomic mass is 10.1. The average molecular weight is 369 g/mol. The molecule has 1 aliphatic rings. The highest BCUT2D eigenvalue weighted by Crippen LogP contribution is 2.30. The minimum atomic E-state index is -0.229. The Kier molecular flexibility index (Phi) is 5.22. The summed E-state index contributed by atoms with van der Waals surface area (Å²) in [7, 11) is 0.